The van der Waals surface area contributed by atoms with Gasteiger partial charge in [-0.3, -0.25) is 4.79 Å². The number of amides is 1. The van der Waals surface area contributed by atoms with Gasteiger partial charge < -0.3 is 10.4 Å². The first-order chi connectivity index (χ1) is 8.68. The zero-order chi connectivity index (χ0) is 13.0. The van der Waals surface area contributed by atoms with Crippen LogP contribution in [-0.2, 0) is 19.5 Å². The van der Waals surface area contributed by atoms with Crippen molar-refractivity contribution in [2.24, 2.45) is 0 Å². The van der Waals surface area contributed by atoms with Crippen LogP contribution >= 0.6 is 0 Å². The van der Waals surface area contributed by atoms with E-state index in [1.165, 1.54) is 6.07 Å². The number of benzene rings is 2. The van der Waals surface area contributed by atoms with E-state index in [-0.39, 0.29) is 30.9 Å². The molecule has 0 saturated heterocycles. The molecule has 1 amide bonds. The summed E-state index contributed by atoms with van der Waals surface area (Å²) < 4.78 is 0. The number of aromatic carboxylic acids is 1. The second kappa shape index (κ2) is 6.81. The molecule has 0 aromatic heterocycles. The summed E-state index contributed by atoms with van der Waals surface area (Å²) in [6.45, 7) is 0. The standard InChI is InChI=1S/C14H11NO3.Zn/c16-13(10-6-2-1-3-7-10)15-12-9-5-4-8-11(12)14(17)18;/h1-9H,(H,15,16)(H,17,18);. The maximum absolute atomic E-state index is 11.9. The Morgan fingerprint density at radius 3 is 2.11 bits per heavy atom. The second-order valence-electron chi connectivity index (χ2n) is 3.67. The molecule has 0 atom stereocenters. The van der Waals surface area contributed by atoms with Crippen LogP contribution < -0.4 is 5.32 Å². The molecular formula is C14H11NO3Zn. The molecule has 2 rings (SSSR count). The fourth-order valence-electron chi connectivity index (χ4n) is 1.56. The van der Waals surface area contributed by atoms with Crippen molar-refractivity contribution in [1.29, 1.82) is 0 Å². The zero-order valence-electron chi connectivity index (χ0n) is 10.2. The summed E-state index contributed by atoms with van der Waals surface area (Å²) in [6, 6.07) is 14.9. The van der Waals surface area contributed by atoms with Gasteiger partial charge in [0.2, 0.25) is 0 Å². The van der Waals surface area contributed by atoms with E-state index in [1.54, 1.807) is 42.5 Å². The Hall–Kier alpha value is -2.00. The summed E-state index contributed by atoms with van der Waals surface area (Å²) in [5.74, 6) is -1.40. The quantitative estimate of drug-likeness (QED) is 0.857. The average molecular weight is 307 g/mol. The minimum absolute atomic E-state index is 0. The Labute approximate surface area is 123 Å². The van der Waals surface area contributed by atoms with Crippen molar-refractivity contribution in [2.75, 3.05) is 5.32 Å². The van der Waals surface area contributed by atoms with E-state index in [1.807, 2.05) is 6.07 Å². The molecule has 0 heterocycles. The van der Waals surface area contributed by atoms with Gasteiger partial charge in [0.1, 0.15) is 0 Å². The predicted molar refractivity (Wildman–Crippen MR) is 67.8 cm³/mol. The van der Waals surface area contributed by atoms with E-state index in [2.05, 4.69) is 5.32 Å². The van der Waals surface area contributed by atoms with Gasteiger partial charge in [0.15, 0.2) is 0 Å². The van der Waals surface area contributed by atoms with Crippen molar-refractivity contribution in [1.82, 2.24) is 0 Å². The first-order valence-corrected chi connectivity index (χ1v) is 5.37. The van der Waals surface area contributed by atoms with Crippen molar-refractivity contribution in [3.63, 3.8) is 0 Å². The summed E-state index contributed by atoms with van der Waals surface area (Å²) >= 11 is 0. The van der Waals surface area contributed by atoms with Gasteiger partial charge >= 0.3 is 5.97 Å². The first-order valence-electron chi connectivity index (χ1n) is 5.37. The van der Waals surface area contributed by atoms with E-state index >= 15 is 0 Å². The van der Waals surface area contributed by atoms with Gasteiger partial charge in [-0.25, -0.2) is 4.79 Å². The minimum Gasteiger partial charge on any atom is -0.478 e. The molecule has 0 spiro atoms. The van der Waals surface area contributed by atoms with Crippen LogP contribution in [0.3, 0.4) is 0 Å². The summed E-state index contributed by atoms with van der Waals surface area (Å²) in [5, 5.41) is 11.6. The van der Waals surface area contributed by atoms with Crippen LogP contribution in [0, 0.1) is 0 Å². The van der Waals surface area contributed by atoms with Crippen molar-refractivity contribution in [2.45, 2.75) is 0 Å². The Bertz CT molecular complexity index is 584. The molecule has 0 saturated carbocycles. The fraction of sp³-hybridized carbons (Fsp3) is 0. The monoisotopic (exact) mass is 305 g/mol. The molecule has 0 aliphatic carbocycles. The molecule has 0 radical (unpaired) electrons. The number of carbonyl (C=O) groups is 2. The van der Waals surface area contributed by atoms with Crippen molar-refractivity contribution >= 4 is 17.6 Å². The Balaban J connectivity index is 0.00000180. The Morgan fingerprint density at radius 1 is 0.895 bits per heavy atom. The summed E-state index contributed by atoms with van der Waals surface area (Å²) in [5.41, 5.74) is 0.846. The summed E-state index contributed by atoms with van der Waals surface area (Å²) in [4.78, 5) is 22.9. The smallest absolute Gasteiger partial charge is 0.337 e. The van der Waals surface area contributed by atoms with Gasteiger partial charge in [-0.1, -0.05) is 30.3 Å². The Morgan fingerprint density at radius 2 is 1.47 bits per heavy atom. The molecule has 19 heavy (non-hydrogen) atoms. The molecule has 0 bridgehead atoms. The maximum Gasteiger partial charge on any atom is 0.337 e. The number of carboxylic acids is 1. The number of hydrogen-bond acceptors (Lipinski definition) is 2. The molecule has 0 unspecified atom stereocenters. The van der Waals surface area contributed by atoms with Crippen molar-refractivity contribution in [3.8, 4) is 0 Å². The third-order valence-electron chi connectivity index (χ3n) is 2.44. The fourth-order valence-corrected chi connectivity index (χ4v) is 1.56. The molecule has 0 aliphatic rings. The van der Waals surface area contributed by atoms with Crippen molar-refractivity contribution < 1.29 is 34.2 Å². The number of nitrogens with one attached hydrogen (secondary N) is 1. The zero-order valence-corrected chi connectivity index (χ0v) is 13.1. The van der Waals surface area contributed by atoms with Crippen LogP contribution in [-0.4, -0.2) is 17.0 Å². The van der Waals surface area contributed by atoms with Crippen LogP contribution in [0.5, 0.6) is 0 Å². The van der Waals surface area contributed by atoms with Crippen molar-refractivity contribution in [3.05, 3.63) is 65.7 Å². The molecule has 92 valence electrons. The summed E-state index contributed by atoms with van der Waals surface area (Å²) in [6.07, 6.45) is 0. The normalized spacial score (nSPS) is 9.26. The molecule has 2 aromatic rings. The number of rotatable bonds is 3. The Kier molecular flexibility index (Phi) is 5.40. The largest absolute Gasteiger partial charge is 0.478 e. The van der Waals surface area contributed by atoms with Crippen LogP contribution in [0.15, 0.2) is 54.6 Å². The topological polar surface area (TPSA) is 66.4 Å². The molecule has 2 aromatic carbocycles. The van der Waals surface area contributed by atoms with Gasteiger partial charge in [0.25, 0.3) is 5.91 Å². The number of hydrogen-bond donors (Lipinski definition) is 2. The number of para-hydroxylation sites is 1. The van der Waals surface area contributed by atoms with Gasteiger partial charge in [-0.05, 0) is 24.3 Å². The van der Waals surface area contributed by atoms with Gasteiger partial charge in [0.05, 0.1) is 11.3 Å². The second-order valence-corrected chi connectivity index (χ2v) is 3.67. The van der Waals surface area contributed by atoms with E-state index in [9.17, 15) is 9.59 Å². The first kappa shape index (κ1) is 15.1. The third kappa shape index (κ3) is 3.73. The van der Waals surface area contributed by atoms with Crippen LogP contribution in [0.1, 0.15) is 20.7 Å². The molecule has 5 heteroatoms. The molecule has 4 nitrogen and oxygen atoms in total. The number of carboxylic acid groups (broad SMARTS) is 1. The summed E-state index contributed by atoms with van der Waals surface area (Å²) in [7, 11) is 0. The van der Waals surface area contributed by atoms with E-state index < -0.39 is 5.97 Å². The molecule has 0 fully saturated rings. The third-order valence-corrected chi connectivity index (χ3v) is 2.44. The van der Waals surface area contributed by atoms with E-state index in [4.69, 9.17) is 5.11 Å². The number of anilines is 1. The van der Waals surface area contributed by atoms with Crippen LogP contribution in [0.25, 0.3) is 0 Å². The van der Waals surface area contributed by atoms with Crippen LogP contribution in [0.4, 0.5) is 5.69 Å². The van der Waals surface area contributed by atoms with E-state index in [0.29, 0.717) is 11.3 Å². The SMILES string of the molecule is O=C(Nc1ccccc1C(=O)O)c1ccccc1.[Zn]. The maximum atomic E-state index is 11.9. The minimum atomic E-state index is -1.07. The average Bonchev–Trinajstić information content (AvgIpc) is 2.40. The molecule has 2 N–H and O–H groups in total. The number of carbonyl (C=O) groups excluding carboxylic acids is 1. The molecule has 0 aliphatic heterocycles. The van der Waals surface area contributed by atoms with Crippen LogP contribution in [0.2, 0.25) is 0 Å². The van der Waals surface area contributed by atoms with Gasteiger partial charge in [-0.15, -0.1) is 0 Å². The predicted octanol–water partition coefficient (Wildman–Crippen LogP) is 2.63. The van der Waals surface area contributed by atoms with Gasteiger partial charge in [0, 0.05) is 25.0 Å². The van der Waals surface area contributed by atoms with E-state index in [0.717, 1.165) is 0 Å². The van der Waals surface area contributed by atoms with Gasteiger partial charge in [-0.2, -0.15) is 0 Å². The molecular weight excluding hydrogens is 296 g/mol.